The van der Waals surface area contributed by atoms with E-state index >= 15 is 0 Å². The molecule has 4 nitrogen and oxygen atoms in total. The molecule has 0 aromatic heterocycles. The number of carbonyl (C=O) groups is 1. The van der Waals surface area contributed by atoms with Gasteiger partial charge in [-0.25, -0.2) is 4.39 Å². The van der Waals surface area contributed by atoms with Crippen LogP contribution in [-0.4, -0.2) is 36.2 Å². The van der Waals surface area contributed by atoms with Crippen molar-refractivity contribution in [3.63, 3.8) is 0 Å². The van der Waals surface area contributed by atoms with E-state index in [4.69, 9.17) is 4.74 Å². The molecule has 2 atom stereocenters. The van der Waals surface area contributed by atoms with Crippen molar-refractivity contribution in [2.24, 2.45) is 11.8 Å². The van der Waals surface area contributed by atoms with E-state index in [1.54, 1.807) is 31.9 Å². The molecular formula is C22H28BFO4. The Hall–Kier alpha value is -2.18. The first-order valence-corrected chi connectivity index (χ1v) is 9.74. The summed E-state index contributed by atoms with van der Waals surface area (Å²) in [6, 6.07) is 14.3. The van der Waals surface area contributed by atoms with Gasteiger partial charge in [0.25, 0.3) is 6.92 Å². The van der Waals surface area contributed by atoms with Crippen molar-refractivity contribution < 1.29 is 24.1 Å². The SMILES string of the molecule is CCOC(=O)[C@H](CO)C[C@H](CB(C)O)Cc1ccc(-c2ccccc2F)cc1. The van der Waals surface area contributed by atoms with Crippen LogP contribution in [0.5, 0.6) is 0 Å². The van der Waals surface area contributed by atoms with Crippen LogP contribution in [0.25, 0.3) is 11.1 Å². The summed E-state index contributed by atoms with van der Waals surface area (Å²) in [7, 11) is 0. The quantitative estimate of drug-likeness (QED) is 0.481. The molecule has 0 bridgehead atoms. The Balaban J connectivity index is 2.11. The van der Waals surface area contributed by atoms with Crippen LogP contribution in [-0.2, 0) is 16.0 Å². The number of aliphatic hydroxyl groups is 1. The maximum Gasteiger partial charge on any atom is 0.311 e. The molecule has 0 aliphatic carbocycles. The minimum absolute atomic E-state index is 0.0147. The summed E-state index contributed by atoms with van der Waals surface area (Å²) in [5.41, 5.74) is 2.39. The molecule has 0 spiro atoms. The van der Waals surface area contributed by atoms with Gasteiger partial charge in [0.05, 0.1) is 19.1 Å². The van der Waals surface area contributed by atoms with E-state index in [0.717, 1.165) is 11.1 Å². The smallest absolute Gasteiger partial charge is 0.311 e. The minimum Gasteiger partial charge on any atom is -0.466 e. The van der Waals surface area contributed by atoms with E-state index in [9.17, 15) is 19.3 Å². The first kappa shape index (κ1) is 22.1. The van der Waals surface area contributed by atoms with Gasteiger partial charge in [0, 0.05) is 5.56 Å². The fraction of sp³-hybridized carbons (Fsp3) is 0.409. The number of ether oxygens (including phenoxy) is 1. The first-order chi connectivity index (χ1) is 13.4. The Bertz CT molecular complexity index is 748. The van der Waals surface area contributed by atoms with Gasteiger partial charge in [-0.1, -0.05) is 49.3 Å². The molecule has 0 amide bonds. The summed E-state index contributed by atoms with van der Waals surface area (Å²) in [5, 5.41) is 19.4. The lowest BCUT2D eigenvalue weighted by Crippen LogP contribution is -2.26. The van der Waals surface area contributed by atoms with Gasteiger partial charge < -0.3 is 14.9 Å². The summed E-state index contributed by atoms with van der Waals surface area (Å²) in [5.74, 6) is -1.25. The molecule has 28 heavy (non-hydrogen) atoms. The highest BCUT2D eigenvalue weighted by Gasteiger charge is 2.25. The monoisotopic (exact) mass is 386 g/mol. The van der Waals surface area contributed by atoms with Crippen LogP contribution < -0.4 is 0 Å². The zero-order valence-electron chi connectivity index (χ0n) is 16.5. The standard InChI is InChI=1S/C22H28BFO4/c1-3-28-22(26)19(15-25)13-17(14-23(2)27)12-16-8-10-18(11-9-16)20-6-4-5-7-21(20)24/h4-11,17,19,25,27H,3,12-15H2,1-2H3/t17-,19+/m1/s1. The van der Waals surface area contributed by atoms with Gasteiger partial charge in [0.1, 0.15) is 5.82 Å². The highest BCUT2D eigenvalue weighted by Crippen LogP contribution is 2.26. The van der Waals surface area contributed by atoms with E-state index in [-0.39, 0.29) is 24.9 Å². The van der Waals surface area contributed by atoms with Crippen LogP contribution in [0.15, 0.2) is 48.5 Å². The van der Waals surface area contributed by atoms with E-state index < -0.39 is 18.8 Å². The lowest BCUT2D eigenvalue weighted by atomic mass is 9.62. The van der Waals surface area contributed by atoms with E-state index in [1.807, 2.05) is 24.3 Å². The molecule has 0 aliphatic heterocycles. The lowest BCUT2D eigenvalue weighted by molar-refractivity contribution is -0.150. The number of hydrogen-bond acceptors (Lipinski definition) is 4. The Morgan fingerprint density at radius 3 is 2.43 bits per heavy atom. The van der Waals surface area contributed by atoms with E-state index in [2.05, 4.69) is 0 Å². The second-order valence-electron chi connectivity index (χ2n) is 7.20. The van der Waals surface area contributed by atoms with Crippen LogP contribution in [0.1, 0.15) is 18.9 Å². The predicted molar refractivity (Wildman–Crippen MR) is 109 cm³/mol. The molecule has 0 radical (unpaired) electrons. The summed E-state index contributed by atoms with van der Waals surface area (Å²) < 4.78 is 19.0. The lowest BCUT2D eigenvalue weighted by Gasteiger charge is -2.22. The number of halogens is 1. The van der Waals surface area contributed by atoms with Crippen molar-refractivity contribution in [2.75, 3.05) is 13.2 Å². The molecule has 0 aliphatic rings. The van der Waals surface area contributed by atoms with Crippen molar-refractivity contribution in [2.45, 2.75) is 32.9 Å². The average Bonchev–Trinajstić information content (AvgIpc) is 2.67. The maximum atomic E-state index is 14.0. The Morgan fingerprint density at radius 2 is 1.86 bits per heavy atom. The third-order valence-electron chi connectivity index (χ3n) is 4.80. The molecule has 2 aromatic rings. The highest BCUT2D eigenvalue weighted by atomic mass is 19.1. The van der Waals surface area contributed by atoms with Crippen LogP contribution >= 0.6 is 0 Å². The molecule has 150 valence electrons. The fourth-order valence-electron chi connectivity index (χ4n) is 3.50. The summed E-state index contributed by atoms with van der Waals surface area (Å²) in [6.07, 6.45) is 1.61. The number of hydrogen-bond donors (Lipinski definition) is 2. The number of carbonyl (C=O) groups excluding carboxylic acids is 1. The molecule has 0 heterocycles. The van der Waals surface area contributed by atoms with Crippen molar-refractivity contribution in [3.05, 3.63) is 59.9 Å². The van der Waals surface area contributed by atoms with Gasteiger partial charge in [-0.2, -0.15) is 0 Å². The Morgan fingerprint density at radius 1 is 1.18 bits per heavy atom. The zero-order chi connectivity index (χ0) is 20.5. The molecule has 6 heteroatoms. The van der Waals surface area contributed by atoms with Crippen molar-refractivity contribution in [1.82, 2.24) is 0 Å². The number of rotatable bonds is 10. The summed E-state index contributed by atoms with van der Waals surface area (Å²) in [4.78, 5) is 12.0. The number of esters is 1. The zero-order valence-corrected chi connectivity index (χ0v) is 16.5. The molecule has 0 saturated heterocycles. The first-order valence-electron chi connectivity index (χ1n) is 9.74. The van der Waals surface area contributed by atoms with E-state index in [1.165, 1.54) is 6.07 Å². The maximum absolute atomic E-state index is 14.0. The number of aliphatic hydroxyl groups excluding tert-OH is 1. The molecule has 0 unspecified atom stereocenters. The van der Waals surface area contributed by atoms with Gasteiger partial charge >= 0.3 is 5.97 Å². The fourth-order valence-corrected chi connectivity index (χ4v) is 3.50. The normalized spacial score (nSPS) is 13.0. The van der Waals surface area contributed by atoms with Gasteiger partial charge in [0.15, 0.2) is 0 Å². The minimum atomic E-state index is -0.596. The molecule has 0 fully saturated rings. The van der Waals surface area contributed by atoms with Gasteiger partial charge in [0.2, 0.25) is 0 Å². The molecule has 2 rings (SSSR count). The van der Waals surface area contributed by atoms with Crippen molar-refractivity contribution in [1.29, 1.82) is 0 Å². The highest BCUT2D eigenvalue weighted by molar-refractivity contribution is 6.48. The third-order valence-corrected chi connectivity index (χ3v) is 4.80. The van der Waals surface area contributed by atoms with Gasteiger partial charge in [-0.05, 0) is 49.2 Å². The van der Waals surface area contributed by atoms with Crippen LogP contribution in [0.2, 0.25) is 13.1 Å². The van der Waals surface area contributed by atoms with E-state index in [0.29, 0.717) is 24.7 Å². The summed E-state index contributed by atoms with van der Waals surface area (Å²) in [6.45, 7) is 2.93. The predicted octanol–water partition coefficient (Wildman–Crippen LogP) is 3.83. The van der Waals surface area contributed by atoms with Crippen molar-refractivity contribution in [3.8, 4) is 11.1 Å². The Labute approximate surface area is 166 Å². The van der Waals surface area contributed by atoms with Crippen LogP contribution in [0.4, 0.5) is 4.39 Å². The second kappa shape index (κ2) is 11.0. The second-order valence-corrected chi connectivity index (χ2v) is 7.20. The molecule has 2 N–H and O–H groups in total. The van der Waals surface area contributed by atoms with Crippen LogP contribution in [0.3, 0.4) is 0 Å². The average molecular weight is 386 g/mol. The molecular weight excluding hydrogens is 358 g/mol. The van der Waals surface area contributed by atoms with Gasteiger partial charge in [-0.3, -0.25) is 4.79 Å². The Kier molecular flexibility index (Phi) is 8.67. The number of benzene rings is 2. The van der Waals surface area contributed by atoms with Crippen LogP contribution in [0, 0.1) is 17.7 Å². The third kappa shape index (κ3) is 6.46. The molecule has 0 saturated carbocycles. The van der Waals surface area contributed by atoms with Crippen molar-refractivity contribution >= 4 is 12.9 Å². The van der Waals surface area contributed by atoms with Gasteiger partial charge in [-0.15, -0.1) is 0 Å². The molecule has 2 aromatic carbocycles. The topological polar surface area (TPSA) is 66.8 Å². The largest absolute Gasteiger partial charge is 0.466 e. The summed E-state index contributed by atoms with van der Waals surface area (Å²) >= 11 is 0.